The Hall–Kier alpha value is -4.06. The molecule has 0 unspecified atom stereocenters. The summed E-state index contributed by atoms with van der Waals surface area (Å²) in [4.78, 5) is 29.0. The van der Waals surface area contributed by atoms with Crippen LogP contribution in [-0.4, -0.2) is 25.4 Å². The van der Waals surface area contributed by atoms with Crippen molar-refractivity contribution in [3.63, 3.8) is 0 Å². The van der Waals surface area contributed by atoms with E-state index >= 15 is 0 Å². The molecule has 6 nitrogen and oxygen atoms in total. The Labute approximate surface area is 217 Å². The highest BCUT2D eigenvalue weighted by Crippen LogP contribution is 2.49. The van der Waals surface area contributed by atoms with Crippen LogP contribution >= 0.6 is 0 Å². The van der Waals surface area contributed by atoms with E-state index in [0.717, 1.165) is 40.4 Å². The third-order valence-corrected chi connectivity index (χ3v) is 7.09. The van der Waals surface area contributed by atoms with Crippen LogP contribution in [0.3, 0.4) is 0 Å². The molecule has 5 rings (SSSR count). The first-order chi connectivity index (χ1) is 18.0. The molecular formula is C31H32N2O4. The quantitative estimate of drug-likeness (QED) is 0.427. The van der Waals surface area contributed by atoms with Crippen molar-refractivity contribution in [2.45, 2.75) is 45.1 Å². The molecule has 1 heterocycles. The first kappa shape index (κ1) is 24.6. The normalized spacial score (nSPS) is 18.9. The maximum atomic E-state index is 14.0. The fourth-order valence-electron chi connectivity index (χ4n) is 5.39. The SMILES string of the molecule is CCCOc1ccccc1[C@@H]1C2=C(C[C@H](c3ccc(OC)cc3)CC2=O)Nc2ccccc2N1C(C)=O. The second kappa shape index (κ2) is 10.5. The number of fused-ring (bicyclic) bond motifs is 1. The second-order valence-electron chi connectivity index (χ2n) is 9.51. The molecule has 190 valence electrons. The number of ketones is 1. The highest BCUT2D eigenvalue weighted by molar-refractivity contribution is 6.06. The zero-order valence-corrected chi connectivity index (χ0v) is 21.5. The average molecular weight is 497 g/mol. The predicted molar refractivity (Wildman–Crippen MR) is 145 cm³/mol. The van der Waals surface area contributed by atoms with Crippen LogP contribution in [0.1, 0.15) is 56.2 Å². The fraction of sp³-hybridized carbons (Fsp3) is 0.290. The van der Waals surface area contributed by atoms with E-state index in [-0.39, 0.29) is 17.6 Å². The number of carbonyl (C=O) groups is 2. The lowest BCUT2D eigenvalue weighted by atomic mass is 9.78. The highest BCUT2D eigenvalue weighted by atomic mass is 16.5. The number of allylic oxidation sites excluding steroid dienone is 1. The van der Waals surface area contributed by atoms with Crippen LogP contribution in [0.4, 0.5) is 11.4 Å². The van der Waals surface area contributed by atoms with Gasteiger partial charge in [-0.1, -0.05) is 49.4 Å². The van der Waals surface area contributed by atoms with Crippen molar-refractivity contribution in [1.29, 1.82) is 0 Å². The Bertz CT molecular complexity index is 1350. The van der Waals surface area contributed by atoms with Gasteiger partial charge in [-0.05, 0) is 54.7 Å². The van der Waals surface area contributed by atoms with Gasteiger partial charge in [-0.2, -0.15) is 0 Å². The van der Waals surface area contributed by atoms with E-state index in [2.05, 4.69) is 12.2 Å². The van der Waals surface area contributed by atoms with Crippen LogP contribution in [0, 0.1) is 0 Å². The zero-order chi connectivity index (χ0) is 25.9. The van der Waals surface area contributed by atoms with E-state index < -0.39 is 6.04 Å². The number of ether oxygens (including phenoxy) is 2. The van der Waals surface area contributed by atoms with Gasteiger partial charge in [-0.3, -0.25) is 14.5 Å². The summed E-state index contributed by atoms with van der Waals surface area (Å²) in [5.74, 6) is 1.39. The summed E-state index contributed by atoms with van der Waals surface area (Å²) in [7, 11) is 1.64. The summed E-state index contributed by atoms with van der Waals surface area (Å²) < 4.78 is 11.4. The molecule has 2 atom stereocenters. The molecule has 1 aliphatic heterocycles. The fourth-order valence-corrected chi connectivity index (χ4v) is 5.39. The molecule has 1 aliphatic carbocycles. The number of nitrogens with one attached hydrogen (secondary N) is 1. The minimum Gasteiger partial charge on any atom is -0.497 e. The number of methoxy groups -OCH3 is 1. The Morgan fingerprint density at radius 3 is 2.46 bits per heavy atom. The minimum atomic E-state index is -0.596. The molecule has 1 N–H and O–H groups in total. The van der Waals surface area contributed by atoms with Gasteiger partial charge in [0.1, 0.15) is 11.5 Å². The largest absolute Gasteiger partial charge is 0.497 e. The molecule has 0 aromatic heterocycles. The van der Waals surface area contributed by atoms with E-state index in [1.165, 1.54) is 0 Å². The molecular weight excluding hydrogens is 464 g/mol. The lowest BCUT2D eigenvalue weighted by molar-refractivity contribution is -0.117. The molecule has 37 heavy (non-hydrogen) atoms. The first-order valence-corrected chi connectivity index (χ1v) is 12.8. The average Bonchev–Trinajstić information content (AvgIpc) is 3.06. The molecule has 0 spiro atoms. The third-order valence-electron chi connectivity index (χ3n) is 7.09. The van der Waals surface area contributed by atoms with Crippen molar-refractivity contribution in [2.75, 3.05) is 23.9 Å². The molecule has 1 amide bonds. The second-order valence-corrected chi connectivity index (χ2v) is 9.51. The number of nitrogens with zero attached hydrogens (tertiary/aromatic N) is 1. The molecule has 0 saturated heterocycles. The van der Waals surface area contributed by atoms with E-state index in [0.29, 0.717) is 30.8 Å². The number of benzene rings is 3. The van der Waals surface area contributed by atoms with Crippen molar-refractivity contribution in [3.8, 4) is 11.5 Å². The van der Waals surface area contributed by atoms with Crippen molar-refractivity contribution in [2.24, 2.45) is 0 Å². The monoisotopic (exact) mass is 496 g/mol. The molecule has 6 heteroatoms. The number of rotatable bonds is 6. The maximum absolute atomic E-state index is 14.0. The molecule has 0 fully saturated rings. The standard InChI is InChI=1S/C31H32N2O4/c1-4-17-37-29-12-8-5-9-24(29)31-30-26(32-25-10-6-7-11-27(25)33(31)20(2)34)18-22(19-28(30)35)21-13-15-23(36-3)16-14-21/h5-16,22,31-32H,4,17-19H2,1-3H3/t22-,31+/m0/s1. The summed E-state index contributed by atoms with van der Waals surface area (Å²) in [6, 6.07) is 22.8. The van der Waals surface area contributed by atoms with Crippen LogP contribution in [-0.2, 0) is 9.59 Å². The van der Waals surface area contributed by atoms with Crippen LogP contribution in [0.25, 0.3) is 0 Å². The van der Waals surface area contributed by atoms with Gasteiger partial charge in [0.05, 0.1) is 31.1 Å². The van der Waals surface area contributed by atoms with Crippen molar-refractivity contribution in [1.82, 2.24) is 0 Å². The third kappa shape index (κ3) is 4.71. The Kier molecular flexibility index (Phi) is 6.99. The Balaban J connectivity index is 1.68. The van der Waals surface area contributed by atoms with Crippen LogP contribution < -0.4 is 19.7 Å². The summed E-state index contributed by atoms with van der Waals surface area (Å²) >= 11 is 0. The lowest BCUT2D eigenvalue weighted by Gasteiger charge is -2.35. The van der Waals surface area contributed by atoms with Gasteiger partial charge in [0.15, 0.2) is 5.78 Å². The van der Waals surface area contributed by atoms with Crippen molar-refractivity contribution < 1.29 is 19.1 Å². The minimum absolute atomic E-state index is 0.0212. The van der Waals surface area contributed by atoms with Gasteiger partial charge in [-0.25, -0.2) is 0 Å². The number of hydrogen-bond acceptors (Lipinski definition) is 5. The Morgan fingerprint density at radius 1 is 1.00 bits per heavy atom. The van der Waals surface area contributed by atoms with Gasteiger partial charge < -0.3 is 14.8 Å². The van der Waals surface area contributed by atoms with Gasteiger partial charge in [0.25, 0.3) is 0 Å². The molecule has 0 radical (unpaired) electrons. The molecule has 3 aromatic rings. The summed E-state index contributed by atoms with van der Waals surface area (Å²) in [5, 5.41) is 3.56. The van der Waals surface area contributed by atoms with E-state index in [1.807, 2.05) is 72.8 Å². The van der Waals surface area contributed by atoms with E-state index in [9.17, 15) is 9.59 Å². The highest BCUT2D eigenvalue weighted by Gasteiger charge is 2.41. The Morgan fingerprint density at radius 2 is 1.73 bits per heavy atom. The maximum Gasteiger partial charge on any atom is 0.224 e. The van der Waals surface area contributed by atoms with E-state index in [1.54, 1.807) is 18.9 Å². The van der Waals surface area contributed by atoms with Gasteiger partial charge in [0, 0.05) is 30.2 Å². The number of amides is 1. The molecule has 3 aromatic carbocycles. The van der Waals surface area contributed by atoms with Crippen LogP contribution in [0.2, 0.25) is 0 Å². The zero-order valence-electron chi connectivity index (χ0n) is 21.5. The predicted octanol–water partition coefficient (Wildman–Crippen LogP) is 6.40. The molecule has 2 aliphatic rings. The summed E-state index contributed by atoms with van der Waals surface area (Å²) in [5.41, 5.74) is 4.93. The van der Waals surface area contributed by atoms with Gasteiger partial charge >= 0.3 is 0 Å². The number of carbonyl (C=O) groups excluding carboxylic acids is 2. The number of hydrogen-bond donors (Lipinski definition) is 1. The van der Waals surface area contributed by atoms with Gasteiger partial charge in [-0.15, -0.1) is 0 Å². The lowest BCUT2D eigenvalue weighted by Crippen LogP contribution is -2.37. The topological polar surface area (TPSA) is 67.9 Å². The molecule has 0 saturated carbocycles. The number of anilines is 2. The van der Waals surface area contributed by atoms with E-state index in [4.69, 9.17) is 9.47 Å². The summed E-state index contributed by atoms with van der Waals surface area (Å²) in [6.45, 7) is 4.16. The van der Waals surface area contributed by atoms with Crippen molar-refractivity contribution >= 4 is 23.1 Å². The number of para-hydroxylation sites is 3. The van der Waals surface area contributed by atoms with Crippen LogP contribution in [0.5, 0.6) is 11.5 Å². The van der Waals surface area contributed by atoms with Crippen LogP contribution in [0.15, 0.2) is 84.1 Å². The smallest absolute Gasteiger partial charge is 0.224 e. The number of Topliss-reactive ketones (excluding diaryl/α,β-unsaturated/α-hetero) is 1. The molecule has 0 bridgehead atoms. The van der Waals surface area contributed by atoms with Gasteiger partial charge in [0.2, 0.25) is 5.91 Å². The first-order valence-electron chi connectivity index (χ1n) is 12.8. The summed E-state index contributed by atoms with van der Waals surface area (Å²) in [6.07, 6.45) is 1.88. The van der Waals surface area contributed by atoms with Crippen molar-refractivity contribution in [3.05, 3.63) is 95.2 Å².